The summed E-state index contributed by atoms with van der Waals surface area (Å²) in [6, 6.07) is 6.61. The van der Waals surface area contributed by atoms with Crippen molar-refractivity contribution in [2.45, 2.75) is 27.2 Å². The van der Waals surface area contributed by atoms with Gasteiger partial charge in [0.25, 0.3) is 11.8 Å². The summed E-state index contributed by atoms with van der Waals surface area (Å²) in [5.74, 6) is -1.000. The van der Waals surface area contributed by atoms with Gasteiger partial charge in [0.1, 0.15) is 0 Å². The first-order valence-corrected chi connectivity index (χ1v) is 9.56. The second-order valence-electron chi connectivity index (χ2n) is 5.80. The van der Waals surface area contributed by atoms with Crippen molar-refractivity contribution in [2.24, 2.45) is 0 Å². The van der Waals surface area contributed by atoms with Crippen molar-refractivity contribution in [3.05, 3.63) is 45.9 Å². The van der Waals surface area contributed by atoms with E-state index in [9.17, 15) is 14.4 Å². The molecule has 1 aromatic heterocycles. The molecule has 0 saturated carbocycles. The fourth-order valence-electron chi connectivity index (χ4n) is 2.42. The van der Waals surface area contributed by atoms with Crippen LogP contribution in [0, 0.1) is 6.92 Å². The lowest BCUT2D eigenvalue weighted by molar-refractivity contribution is -0.146. The fourth-order valence-corrected chi connectivity index (χ4v) is 3.03. The zero-order valence-electron chi connectivity index (χ0n) is 15.7. The number of rotatable bonds is 8. The Kier molecular flexibility index (Phi) is 7.48. The van der Waals surface area contributed by atoms with E-state index >= 15 is 0 Å². The summed E-state index contributed by atoms with van der Waals surface area (Å²) in [7, 11) is 0. The average molecular weight is 389 g/mol. The first-order chi connectivity index (χ1) is 12.9. The van der Waals surface area contributed by atoms with Crippen molar-refractivity contribution in [3.63, 3.8) is 0 Å². The zero-order chi connectivity index (χ0) is 19.8. The quantitative estimate of drug-likeness (QED) is 0.701. The largest absolute Gasteiger partial charge is 0.455 e. The second kappa shape index (κ2) is 9.82. The molecule has 1 N–H and O–H groups in total. The monoisotopic (exact) mass is 389 g/mol. The van der Waals surface area contributed by atoms with Crippen LogP contribution in [0.25, 0.3) is 0 Å². The molecule has 0 saturated heterocycles. The van der Waals surface area contributed by atoms with Crippen LogP contribution in [-0.4, -0.2) is 47.4 Å². The molecule has 0 aliphatic heterocycles. The molecule has 1 aromatic carbocycles. The van der Waals surface area contributed by atoms with Gasteiger partial charge in [-0.3, -0.25) is 14.4 Å². The molecule has 0 spiro atoms. The third-order valence-electron chi connectivity index (χ3n) is 3.82. The number of aromatic nitrogens is 1. The first kappa shape index (κ1) is 20.6. The molecule has 1 heterocycles. The summed E-state index contributed by atoms with van der Waals surface area (Å²) in [4.78, 5) is 41.8. The number of nitrogens with zero attached hydrogens (tertiary/aromatic N) is 2. The molecule has 0 atom stereocenters. The van der Waals surface area contributed by atoms with Crippen molar-refractivity contribution in [2.75, 3.05) is 25.0 Å². The van der Waals surface area contributed by atoms with Crippen LogP contribution in [0.15, 0.2) is 29.6 Å². The number of carbonyl (C=O) groups is 3. The standard InChI is InChI=1S/C19H23N3O4S/c1-4-22(5-2)19(25)14-6-8-15(9-7-14)21-17(23)11-26-18(24)10-16-12-27-13(3)20-16/h6-9,12H,4-5,10-11H2,1-3H3,(H,21,23). The number of thiazole rings is 1. The number of hydrogen-bond acceptors (Lipinski definition) is 6. The lowest BCUT2D eigenvalue weighted by Gasteiger charge is -2.18. The van der Waals surface area contributed by atoms with Crippen LogP contribution < -0.4 is 5.32 Å². The summed E-state index contributed by atoms with van der Waals surface area (Å²) >= 11 is 1.45. The topological polar surface area (TPSA) is 88.6 Å². The minimum Gasteiger partial charge on any atom is -0.455 e. The highest BCUT2D eigenvalue weighted by Gasteiger charge is 2.13. The predicted molar refractivity (Wildman–Crippen MR) is 104 cm³/mol. The van der Waals surface area contributed by atoms with Gasteiger partial charge in [0.2, 0.25) is 0 Å². The van der Waals surface area contributed by atoms with Crippen LogP contribution in [0.4, 0.5) is 5.69 Å². The summed E-state index contributed by atoms with van der Waals surface area (Å²) in [6.07, 6.45) is 0.0415. The molecule has 144 valence electrons. The maximum absolute atomic E-state index is 12.2. The number of aryl methyl sites for hydroxylation is 1. The highest BCUT2D eigenvalue weighted by Crippen LogP contribution is 2.12. The van der Waals surface area contributed by atoms with E-state index in [0.29, 0.717) is 30.0 Å². The van der Waals surface area contributed by atoms with Crippen LogP contribution in [-0.2, 0) is 20.7 Å². The molecule has 2 rings (SSSR count). The van der Waals surface area contributed by atoms with Gasteiger partial charge in [0.15, 0.2) is 6.61 Å². The molecule has 0 unspecified atom stereocenters. The third-order valence-corrected chi connectivity index (χ3v) is 4.64. The van der Waals surface area contributed by atoms with Gasteiger partial charge in [0, 0.05) is 29.7 Å². The van der Waals surface area contributed by atoms with Gasteiger partial charge < -0.3 is 15.0 Å². The Labute approximate surface area is 162 Å². The molecule has 0 aliphatic rings. The van der Waals surface area contributed by atoms with E-state index in [2.05, 4.69) is 10.3 Å². The predicted octanol–water partition coefficient (Wildman–Crippen LogP) is 2.66. The van der Waals surface area contributed by atoms with E-state index < -0.39 is 11.9 Å². The van der Waals surface area contributed by atoms with E-state index in [0.717, 1.165) is 5.01 Å². The average Bonchev–Trinajstić information content (AvgIpc) is 3.06. The summed E-state index contributed by atoms with van der Waals surface area (Å²) in [5, 5.41) is 5.30. The van der Waals surface area contributed by atoms with Gasteiger partial charge in [-0.1, -0.05) is 0 Å². The number of ether oxygens (including phenoxy) is 1. The zero-order valence-corrected chi connectivity index (χ0v) is 16.5. The SMILES string of the molecule is CCN(CC)C(=O)c1ccc(NC(=O)COC(=O)Cc2csc(C)n2)cc1. The summed E-state index contributed by atoms with van der Waals surface area (Å²) in [5.41, 5.74) is 1.72. The number of benzene rings is 1. The molecule has 0 bridgehead atoms. The lowest BCUT2D eigenvalue weighted by atomic mass is 10.2. The molecule has 2 aromatic rings. The molecule has 7 nitrogen and oxygen atoms in total. The van der Waals surface area contributed by atoms with Crippen LogP contribution in [0.3, 0.4) is 0 Å². The normalized spacial score (nSPS) is 10.3. The van der Waals surface area contributed by atoms with Gasteiger partial charge in [-0.2, -0.15) is 0 Å². The van der Waals surface area contributed by atoms with Gasteiger partial charge in [-0.15, -0.1) is 11.3 Å². The summed E-state index contributed by atoms with van der Waals surface area (Å²) in [6.45, 7) is 6.61. The van der Waals surface area contributed by atoms with Crippen LogP contribution >= 0.6 is 11.3 Å². The van der Waals surface area contributed by atoms with Gasteiger partial charge in [-0.25, -0.2) is 4.98 Å². The molecule has 0 aliphatic carbocycles. The number of esters is 1. The minimum absolute atomic E-state index is 0.0415. The second-order valence-corrected chi connectivity index (χ2v) is 6.86. The lowest BCUT2D eigenvalue weighted by Crippen LogP contribution is -2.30. The highest BCUT2D eigenvalue weighted by atomic mass is 32.1. The Morgan fingerprint density at radius 2 is 1.81 bits per heavy atom. The molecule has 2 amide bonds. The van der Waals surface area contributed by atoms with Gasteiger partial charge >= 0.3 is 5.97 Å². The Bertz CT molecular complexity index is 798. The molecular weight excluding hydrogens is 366 g/mol. The molecule has 27 heavy (non-hydrogen) atoms. The number of anilines is 1. The van der Waals surface area contributed by atoms with Gasteiger partial charge in [-0.05, 0) is 45.0 Å². The van der Waals surface area contributed by atoms with Crippen LogP contribution in [0.1, 0.15) is 34.9 Å². The van der Waals surface area contributed by atoms with Crippen molar-refractivity contribution in [1.82, 2.24) is 9.88 Å². The van der Waals surface area contributed by atoms with E-state index in [-0.39, 0.29) is 18.9 Å². The number of nitrogens with one attached hydrogen (secondary N) is 1. The summed E-state index contributed by atoms with van der Waals surface area (Å²) < 4.78 is 4.96. The highest BCUT2D eigenvalue weighted by molar-refractivity contribution is 7.09. The van der Waals surface area contributed by atoms with E-state index in [1.807, 2.05) is 20.8 Å². The smallest absolute Gasteiger partial charge is 0.312 e. The van der Waals surface area contributed by atoms with E-state index in [1.165, 1.54) is 11.3 Å². The van der Waals surface area contributed by atoms with Crippen molar-refractivity contribution < 1.29 is 19.1 Å². The van der Waals surface area contributed by atoms with Crippen molar-refractivity contribution >= 4 is 34.8 Å². The molecule has 0 fully saturated rings. The third kappa shape index (κ3) is 6.18. The maximum atomic E-state index is 12.2. The fraction of sp³-hybridized carbons (Fsp3) is 0.368. The molecule has 0 radical (unpaired) electrons. The van der Waals surface area contributed by atoms with Crippen molar-refractivity contribution in [1.29, 1.82) is 0 Å². The number of amides is 2. The van der Waals surface area contributed by atoms with Gasteiger partial charge in [0.05, 0.1) is 17.1 Å². The minimum atomic E-state index is -0.504. The van der Waals surface area contributed by atoms with E-state index in [4.69, 9.17) is 4.74 Å². The van der Waals surface area contributed by atoms with Crippen LogP contribution in [0.2, 0.25) is 0 Å². The number of carbonyl (C=O) groups excluding carboxylic acids is 3. The Morgan fingerprint density at radius 1 is 1.15 bits per heavy atom. The van der Waals surface area contributed by atoms with Crippen molar-refractivity contribution in [3.8, 4) is 0 Å². The number of hydrogen-bond donors (Lipinski definition) is 1. The Morgan fingerprint density at radius 3 is 2.37 bits per heavy atom. The molecule has 8 heteroatoms. The Hall–Kier alpha value is -2.74. The molecular formula is C19H23N3O4S. The first-order valence-electron chi connectivity index (χ1n) is 8.68. The van der Waals surface area contributed by atoms with Crippen LogP contribution in [0.5, 0.6) is 0 Å². The maximum Gasteiger partial charge on any atom is 0.312 e. The Balaban J connectivity index is 1.81. The van der Waals surface area contributed by atoms with E-state index in [1.54, 1.807) is 34.5 Å².